The van der Waals surface area contributed by atoms with Crippen LogP contribution in [-0.2, 0) is 0 Å². The van der Waals surface area contributed by atoms with Gasteiger partial charge in [-0.1, -0.05) is 39.7 Å². The van der Waals surface area contributed by atoms with Crippen LogP contribution in [0.1, 0.15) is 30.0 Å². The van der Waals surface area contributed by atoms with Gasteiger partial charge in [0, 0.05) is 16.0 Å². The van der Waals surface area contributed by atoms with E-state index in [2.05, 4.69) is 56.5 Å². The second-order valence-electron chi connectivity index (χ2n) is 4.78. The molecule has 0 unspecified atom stereocenters. The van der Waals surface area contributed by atoms with Crippen molar-refractivity contribution < 1.29 is 0 Å². The second kappa shape index (κ2) is 5.30. The maximum Gasteiger partial charge on any atom is 0.161 e. The van der Waals surface area contributed by atoms with Crippen LogP contribution < -0.4 is 0 Å². The summed E-state index contributed by atoms with van der Waals surface area (Å²) in [7, 11) is 0. The van der Waals surface area contributed by atoms with E-state index < -0.39 is 0 Å². The van der Waals surface area contributed by atoms with Gasteiger partial charge in [0.05, 0.1) is 9.26 Å². The third-order valence-electron chi connectivity index (χ3n) is 3.23. The molecule has 98 valence electrons. The second-order valence-corrected chi connectivity index (χ2v) is 7.07. The maximum atomic E-state index is 6.24. The molecule has 0 saturated heterocycles. The molecule has 0 spiro atoms. The normalized spacial score (nSPS) is 14.7. The Bertz CT molecular complexity index is 656. The fourth-order valence-corrected chi connectivity index (χ4v) is 3.16. The Kier molecular flexibility index (Phi) is 3.84. The van der Waals surface area contributed by atoms with Crippen LogP contribution in [0.4, 0.5) is 0 Å². The molecule has 5 heteroatoms. The van der Waals surface area contributed by atoms with E-state index in [0.29, 0.717) is 16.9 Å². The SMILES string of the molecule is Cc1ccc(-c2nc(Cl)c(I)c(C3CC3)n2)cc1Br. The highest BCUT2D eigenvalue weighted by Gasteiger charge is 2.29. The zero-order chi connectivity index (χ0) is 13.6. The molecule has 0 atom stereocenters. The fourth-order valence-electron chi connectivity index (χ4n) is 1.92. The van der Waals surface area contributed by atoms with Crippen molar-refractivity contribution in [2.75, 3.05) is 0 Å². The van der Waals surface area contributed by atoms with Crippen molar-refractivity contribution in [3.63, 3.8) is 0 Å². The third-order valence-corrected chi connectivity index (χ3v) is 5.74. The van der Waals surface area contributed by atoms with E-state index in [1.807, 2.05) is 12.1 Å². The minimum Gasteiger partial charge on any atom is -0.232 e. The molecule has 1 aromatic carbocycles. The molecule has 1 saturated carbocycles. The molecule has 0 aliphatic heterocycles. The van der Waals surface area contributed by atoms with E-state index in [0.717, 1.165) is 19.3 Å². The van der Waals surface area contributed by atoms with Gasteiger partial charge in [0.25, 0.3) is 0 Å². The van der Waals surface area contributed by atoms with Crippen LogP contribution >= 0.6 is 50.1 Å². The molecule has 1 heterocycles. The average molecular weight is 450 g/mol. The van der Waals surface area contributed by atoms with Crippen molar-refractivity contribution in [3.05, 3.63) is 42.7 Å². The summed E-state index contributed by atoms with van der Waals surface area (Å²) in [5, 5.41) is 0.559. The first-order valence-electron chi connectivity index (χ1n) is 6.05. The van der Waals surface area contributed by atoms with Crippen LogP contribution in [0.15, 0.2) is 22.7 Å². The summed E-state index contributed by atoms with van der Waals surface area (Å²) in [6.45, 7) is 2.06. The summed E-state index contributed by atoms with van der Waals surface area (Å²) in [5.41, 5.74) is 3.30. The lowest BCUT2D eigenvalue weighted by atomic mass is 10.1. The van der Waals surface area contributed by atoms with Gasteiger partial charge in [-0.3, -0.25) is 0 Å². The molecule has 3 rings (SSSR count). The van der Waals surface area contributed by atoms with Crippen LogP contribution in [0.2, 0.25) is 5.15 Å². The average Bonchev–Trinajstić information content (AvgIpc) is 3.20. The third kappa shape index (κ3) is 2.81. The number of hydrogen-bond acceptors (Lipinski definition) is 2. The Hall–Kier alpha value is -0.200. The molecule has 1 aromatic heterocycles. The van der Waals surface area contributed by atoms with Gasteiger partial charge in [0.1, 0.15) is 5.15 Å². The van der Waals surface area contributed by atoms with E-state index in [4.69, 9.17) is 16.6 Å². The monoisotopic (exact) mass is 448 g/mol. The first kappa shape index (κ1) is 13.8. The van der Waals surface area contributed by atoms with Crippen molar-refractivity contribution in [1.82, 2.24) is 9.97 Å². The zero-order valence-corrected chi connectivity index (χ0v) is 14.8. The number of rotatable bonds is 2. The van der Waals surface area contributed by atoms with Crippen molar-refractivity contribution in [1.29, 1.82) is 0 Å². The lowest BCUT2D eigenvalue weighted by molar-refractivity contribution is 0.978. The highest BCUT2D eigenvalue weighted by molar-refractivity contribution is 14.1. The Morgan fingerprint density at radius 1 is 1.32 bits per heavy atom. The minimum absolute atomic E-state index is 0.559. The highest BCUT2D eigenvalue weighted by atomic mass is 127. The predicted molar refractivity (Wildman–Crippen MR) is 89.6 cm³/mol. The minimum atomic E-state index is 0.559. The van der Waals surface area contributed by atoms with Crippen LogP contribution in [0.5, 0.6) is 0 Å². The predicted octanol–water partition coefficient (Wildman–Crippen LogP) is 5.35. The zero-order valence-electron chi connectivity index (χ0n) is 10.3. The largest absolute Gasteiger partial charge is 0.232 e. The van der Waals surface area contributed by atoms with Gasteiger partial charge in [0.2, 0.25) is 0 Å². The van der Waals surface area contributed by atoms with Gasteiger partial charge >= 0.3 is 0 Å². The van der Waals surface area contributed by atoms with Gasteiger partial charge in [-0.05, 0) is 54.0 Å². The Morgan fingerprint density at radius 3 is 2.68 bits per heavy atom. The number of benzene rings is 1. The van der Waals surface area contributed by atoms with E-state index in [-0.39, 0.29) is 0 Å². The molecule has 1 aliphatic carbocycles. The molecule has 2 nitrogen and oxygen atoms in total. The summed E-state index contributed by atoms with van der Waals surface area (Å²) < 4.78 is 2.06. The molecule has 1 aliphatic rings. The summed E-state index contributed by atoms with van der Waals surface area (Å²) in [6, 6.07) is 6.14. The Morgan fingerprint density at radius 2 is 2.05 bits per heavy atom. The topological polar surface area (TPSA) is 25.8 Å². The van der Waals surface area contributed by atoms with E-state index in [1.54, 1.807) is 0 Å². The van der Waals surface area contributed by atoms with Gasteiger partial charge in [-0.2, -0.15) is 0 Å². The number of hydrogen-bond donors (Lipinski definition) is 0. The van der Waals surface area contributed by atoms with Crippen molar-refractivity contribution in [2.24, 2.45) is 0 Å². The molecule has 0 N–H and O–H groups in total. The Balaban J connectivity index is 2.11. The van der Waals surface area contributed by atoms with E-state index in [1.165, 1.54) is 18.4 Å². The van der Waals surface area contributed by atoms with Crippen molar-refractivity contribution in [2.45, 2.75) is 25.7 Å². The molecule has 0 radical (unpaired) electrons. The van der Waals surface area contributed by atoms with Crippen molar-refractivity contribution >= 4 is 50.1 Å². The molecule has 2 aromatic rings. The molecule has 0 bridgehead atoms. The summed E-state index contributed by atoms with van der Waals surface area (Å²) in [5.74, 6) is 1.29. The lowest BCUT2D eigenvalue weighted by Crippen LogP contribution is -1.99. The number of nitrogens with zero attached hydrogens (tertiary/aromatic N) is 2. The van der Waals surface area contributed by atoms with Gasteiger partial charge < -0.3 is 0 Å². The first-order valence-corrected chi connectivity index (χ1v) is 8.30. The Labute approximate surface area is 139 Å². The molecule has 1 fully saturated rings. The van der Waals surface area contributed by atoms with Crippen LogP contribution in [0.3, 0.4) is 0 Å². The van der Waals surface area contributed by atoms with Crippen molar-refractivity contribution in [3.8, 4) is 11.4 Å². The molecule has 19 heavy (non-hydrogen) atoms. The number of halogens is 3. The summed E-state index contributed by atoms with van der Waals surface area (Å²) in [4.78, 5) is 9.12. The van der Waals surface area contributed by atoms with Crippen LogP contribution in [0, 0.1) is 10.5 Å². The maximum absolute atomic E-state index is 6.24. The number of aromatic nitrogens is 2. The molecular formula is C14H11BrClIN2. The standard InChI is InChI=1S/C14H11BrClIN2/c1-7-2-3-9(6-10(7)15)14-18-12(8-4-5-8)11(17)13(16)19-14/h2-3,6,8H,4-5H2,1H3. The lowest BCUT2D eigenvalue weighted by Gasteiger charge is -2.08. The van der Waals surface area contributed by atoms with Gasteiger partial charge in [-0.15, -0.1) is 0 Å². The quantitative estimate of drug-likeness (QED) is 0.456. The fraction of sp³-hybridized carbons (Fsp3) is 0.286. The van der Waals surface area contributed by atoms with E-state index >= 15 is 0 Å². The van der Waals surface area contributed by atoms with Gasteiger partial charge in [-0.25, -0.2) is 9.97 Å². The van der Waals surface area contributed by atoms with E-state index in [9.17, 15) is 0 Å². The molecular weight excluding hydrogens is 438 g/mol. The van der Waals surface area contributed by atoms with Crippen LogP contribution in [0.25, 0.3) is 11.4 Å². The number of aryl methyl sites for hydroxylation is 1. The van der Waals surface area contributed by atoms with Crippen LogP contribution in [-0.4, -0.2) is 9.97 Å². The summed E-state index contributed by atoms with van der Waals surface area (Å²) >= 11 is 12.0. The molecule has 0 amide bonds. The summed E-state index contributed by atoms with van der Waals surface area (Å²) in [6.07, 6.45) is 2.42. The highest BCUT2D eigenvalue weighted by Crippen LogP contribution is 2.42. The first-order chi connectivity index (χ1) is 9.06. The smallest absolute Gasteiger partial charge is 0.161 e. The van der Waals surface area contributed by atoms with Gasteiger partial charge in [0.15, 0.2) is 5.82 Å².